The number of rotatable bonds is 3. The van der Waals surface area contributed by atoms with E-state index in [1.54, 1.807) is 13.2 Å². The average molecular weight is 354 g/mol. The molecule has 24 heavy (non-hydrogen) atoms. The molecule has 0 atom stereocenters. The summed E-state index contributed by atoms with van der Waals surface area (Å²) in [6.45, 7) is 5.91. The van der Waals surface area contributed by atoms with E-state index in [2.05, 4.69) is 5.32 Å². The maximum atomic E-state index is 12.6. The van der Waals surface area contributed by atoms with Gasteiger partial charge in [0.1, 0.15) is 5.75 Å². The Morgan fingerprint density at radius 1 is 1.12 bits per heavy atom. The van der Waals surface area contributed by atoms with Crippen LogP contribution in [0.3, 0.4) is 0 Å². The van der Waals surface area contributed by atoms with Gasteiger partial charge in [0.15, 0.2) is 0 Å². The molecule has 0 aromatic heterocycles. The Kier molecular flexibility index (Phi) is 6.07. The van der Waals surface area contributed by atoms with Crippen LogP contribution in [0.2, 0.25) is 0 Å². The molecule has 0 unspecified atom stereocenters. The second-order valence-electron chi connectivity index (χ2n) is 6.16. The van der Waals surface area contributed by atoms with Gasteiger partial charge in [0.2, 0.25) is 5.91 Å². The first-order valence-electron chi connectivity index (χ1n) is 8.03. The molecule has 6 nitrogen and oxygen atoms in total. The highest BCUT2D eigenvalue weighted by Crippen LogP contribution is 2.21. The van der Waals surface area contributed by atoms with E-state index in [1.807, 2.05) is 28.9 Å². The fourth-order valence-electron chi connectivity index (χ4n) is 2.99. The van der Waals surface area contributed by atoms with Crippen LogP contribution in [0.4, 0.5) is 0 Å². The van der Waals surface area contributed by atoms with Crippen molar-refractivity contribution in [3.05, 3.63) is 29.3 Å². The molecular weight excluding hydrogens is 330 g/mol. The van der Waals surface area contributed by atoms with Crippen LogP contribution in [0.5, 0.6) is 5.75 Å². The van der Waals surface area contributed by atoms with Gasteiger partial charge < -0.3 is 19.9 Å². The molecule has 3 rings (SSSR count). The van der Waals surface area contributed by atoms with Crippen LogP contribution < -0.4 is 10.1 Å². The summed E-state index contributed by atoms with van der Waals surface area (Å²) in [5, 5.41) is 3.12. The van der Waals surface area contributed by atoms with Gasteiger partial charge in [-0.15, -0.1) is 12.4 Å². The second-order valence-corrected chi connectivity index (χ2v) is 6.16. The van der Waals surface area contributed by atoms with Crippen molar-refractivity contribution in [2.45, 2.75) is 6.92 Å². The number of nitrogens with one attached hydrogen (secondary N) is 1. The summed E-state index contributed by atoms with van der Waals surface area (Å²) in [5.74, 6) is 1.06. The number of benzene rings is 1. The van der Waals surface area contributed by atoms with E-state index >= 15 is 0 Å². The molecule has 0 spiro atoms. The second kappa shape index (κ2) is 7.85. The first kappa shape index (κ1) is 18.5. The maximum Gasteiger partial charge on any atom is 0.254 e. The third kappa shape index (κ3) is 3.65. The normalized spacial score (nSPS) is 17.8. The number of halogens is 1. The van der Waals surface area contributed by atoms with Crippen molar-refractivity contribution in [2.75, 3.05) is 46.4 Å². The molecule has 2 heterocycles. The van der Waals surface area contributed by atoms with Crippen LogP contribution in [-0.4, -0.2) is 68.0 Å². The Balaban J connectivity index is 0.00000208. The van der Waals surface area contributed by atoms with Crippen LogP contribution in [0.1, 0.15) is 15.9 Å². The largest absolute Gasteiger partial charge is 0.496 e. The van der Waals surface area contributed by atoms with Gasteiger partial charge in [-0.1, -0.05) is 6.07 Å². The topological polar surface area (TPSA) is 61.9 Å². The number of hydrogen-bond acceptors (Lipinski definition) is 4. The summed E-state index contributed by atoms with van der Waals surface area (Å²) >= 11 is 0. The first-order chi connectivity index (χ1) is 11.1. The quantitative estimate of drug-likeness (QED) is 0.878. The van der Waals surface area contributed by atoms with Crippen LogP contribution in [-0.2, 0) is 4.79 Å². The Morgan fingerprint density at radius 2 is 1.75 bits per heavy atom. The Morgan fingerprint density at radius 3 is 2.29 bits per heavy atom. The van der Waals surface area contributed by atoms with Crippen LogP contribution in [0.15, 0.2) is 18.2 Å². The van der Waals surface area contributed by atoms with Crippen LogP contribution in [0.25, 0.3) is 0 Å². The highest BCUT2D eigenvalue weighted by Gasteiger charge is 2.32. The van der Waals surface area contributed by atoms with Crippen LogP contribution >= 0.6 is 12.4 Å². The Labute approximate surface area is 148 Å². The van der Waals surface area contributed by atoms with Gasteiger partial charge in [-0.05, 0) is 24.6 Å². The zero-order valence-electron chi connectivity index (χ0n) is 14.1. The smallest absolute Gasteiger partial charge is 0.254 e. The SMILES string of the molecule is COc1cc(C(=O)N2CCN(C(=O)C3CNC3)CC2)ccc1C.Cl. The number of piperazine rings is 1. The standard InChI is InChI=1S/C17H23N3O3.ClH/c1-12-3-4-13(9-15(12)23-2)16(21)19-5-7-20(8-6-19)17(22)14-10-18-11-14;/h3-4,9,14,18H,5-8,10-11H2,1-2H3;1H. The highest BCUT2D eigenvalue weighted by atomic mass is 35.5. The lowest BCUT2D eigenvalue weighted by molar-refractivity contribution is -0.138. The number of methoxy groups -OCH3 is 1. The molecule has 2 aliphatic heterocycles. The van der Waals surface area contributed by atoms with Crippen molar-refractivity contribution in [2.24, 2.45) is 5.92 Å². The minimum Gasteiger partial charge on any atom is -0.496 e. The lowest BCUT2D eigenvalue weighted by atomic mass is 10.0. The van der Waals surface area contributed by atoms with E-state index in [9.17, 15) is 9.59 Å². The van der Waals surface area contributed by atoms with E-state index in [4.69, 9.17) is 4.74 Å². The molecule has 0 saturated carbocycles. The predicted octanol–water partition coefficient (Wildman–Crippen LogP) is 0.929. The Hall–Kier alpha value is -1.79. The van der Waals surface area contributed by atoms with Gasteiger partial charge in [-0.2, -0.15) is 0 Å². The molecule has 7 heteroatoms. The summed E-state index contributed by atoms with van der Waals surface area (Å²) in [7, 11) is 1.61. The van der Waals surface area contributed by atoms with Crippen molar-refractivity contribution in [1.82, 2.24) is 15.1 Å². The number of nitrogens with zero attached hydrogens (tertiary/aromatic N) is 2. The number of aryl methyl sites for hydroxylation is 1. The number of carbonyl (C=O) groups is 2. The molecule has 0 bridgehead atoms. The van der Waals surface area contributed by atoms with E-state index in [1.165, 1.54) is 0 Å². The van der Waals surface area contributed by atoms with Crippen molar-refractivity contribution in [3.63, 3.8) is 0 Å². The van der Waals surface area contributed by atoms with E-state index in [0.717, 1.165) is 24.4 Å². The number of amides is 2. The van der Waals surface area contributed by atoms with E-state index in [0.29, 0.717) is 31.7 Å². The minimum absolute atomic E-state index is 0. The third-order valence-electron chi connectivity index (χ3n) is 4.66. The molecular formula is C17H24ClN3O3. The molecule has 0 radical (unpaired) electrons. The molecule has 1 aromatic rings. The fraction of sp³-hybridized carbons (Fsp3) is 0.529. The van der Waals surface area contributed by atoms with Gasteiger partial charge >= 0.3 is 0 Å². The number of ether oxygens (including phenoxy) is 1. The average Bonchev–Trinajstić information content (AvgIpc) is 2.53. The van der Waals surface area contributed by atoms with Crippen molar-refractivity contribution in [3.8, 4) is 5.75 Å². The first-order valence-corrected chi connectivity index (χ1v) is 8.03. The zero-order valence-corrected chi connectivity index (χ0v) is 14.9. The Bertz CT molecular complexity index is 611. The summed E-state index contributed by atoms with van der Waals surface area (Å²) in [5.41, 5.74) is 1.64. The third-order valence-corrected chi connectivity index (χ3v) is 4.66. The van der Waals surface area contributed by atoms with Crippen molar-refractivity contribution >= 4 is 24.2 Å². The summed E-state index contributed by atoms with van der Waals surface area (Å²) in [6.07, 6.45) is 0. The summed E-state index contributed by atoms with van der Waals surface area (Å²) in [6, 6.07) is 5.52. The van der Waals surface area contributed by atoms with E-state index < -0.39 is 0 Å². The maximum absolute atomic E-state index is 12.6. The van der Waals surface area contributed by atoms with Gasteiger partial charge in [0.25, 0.3) is 5.91 Å². The number of hydrogen-bond donors (Lipinski definition) is 1. The van der Waals surface area contributed by atoms with Gasteiger partial charge in [-0.3, -0.25) is 9.59 Å². The number of carbonyl (C=O) groups excluding carboxylic acids is 2. The van der Waals surface area contributed by atoms with E-state index in [-0.39, 0.29) is 30.1 Å². The van der Waals surface area contributed by atoms with Crippen molar-refractivity contribution < 1.29 is 14.3 Å². The predicted molar refractivity (Wildman–Crippen MR) is 93.8 cm³/mol. The molecule has 2 amide bonds. The summed E-state index contributed by atoms with van der Waals surface area (Å²) in [4.78, 5) is 28.5. The van der Waals surface area contributed by atoms with Gasteiger partial charge in [-0.25, -0.2) is 0 Å². The molecule has 2 aliphatic rings. The van der Waals surface area contributed by atoms with Gasteiger partial charge in [0, 0.05) is 44.8 Å². The molecule has 2 saturated heterocycles. The zero-order chi connectivity index (χ0) is 16.4. The lowest BCUT2D eigenvalue weighted by Gasteiger charge is -2.38. The monoisotopic (exact) mass is 353 g/mol. The van der Waals surface area contributed by atoms with Crippen molar-refractivity contribution in [1.29, 1.82) is 0 Å². The molecule has 0 aliphatic carbocycles. The molecule has 1 aromatic carbocycles. The fourth-order valence-corrected chi connectivity index (χ4v) is 2.99. The van der Waals surface area contributed by atoms with Gasteiger partial charge in [0.05, 0.1) is 13.0 Å². The molecule has 2 fully saturated rings. The van der Waals surface area contributed by atoms with Crippen LogP contribution in [0, 0.1) is 12.8 Å². The lowest BCUT2D eigenvalue weighted by Crippen LogP contribution is -2.57. The minimum atomic E-state index is 0. The molecule has 132 valence electrons. The summed E-state index contributed by atoms with van der Waals surface area (Å²) < 4.78 is 5.29. The molecule has 1 N–H and O–H groups in total. The highest BCUT2D eigenvalue weighted by molar-refractivity contribution is 5.95.